The minimum atomic E-state index is -0.511. The highest BCUT2D eigenvalue weighted by Gasteiger charge is 2.17. The van der Waals surface area contributed by atoms with Crippen molar-refractivity contribution < 1.29 is 9.53 Å². The van der Waals surface area contributed by atoms with E-state index in [0.717, 1.165) is 29.7 Å². The standard InChI is InChI=1S/C15H24N2O2/c1-5-13(16)9-12-8-6-7-10(2)14(12)19-11(3)15(18)17-4/h6-8,11,13H,5,9,16H2,1-4H3,(H,17,18). The molecule has 2 unspecified atom stereocenters. The maximum absolute atomic E-state index is 11.6. The average Bonchev–Trinajstić information content (AvgIpc) is 2.41. The summed E-state index contributed by atoms with van der Waals surface area (Å²) in [5, 5.41) is 2.59. The number of carbonyl (C=O) groups is 1. The van der Waals surface area contributed by atoms with E-state index < -0.39 is 6.10 Å². The van der Waals surface area contributed by atoms with E-state index in [0.29, 0.717) is 0 Å². The van der Waals surface area contributed by atoms with Gasteiger partial charge in [0.1, 0.15) is 5.75 Å². The Labute approximate surface area is 115 Å². The fourth-order valence-electron chi connectivity index (χ4n) is 1.90. The van der Waals surface area contributed by atoms with E-state index in [2.05, 4.69) is 12.2 Å². The summed E-state index contributed by atoms with van der Waals surface area (Å²) < 4.78 is 5.81. The third-order valence-electron chi connectivity index (χ3n) is 3.21. The van der Waals surface area contributed by atoms with E-state index in [1.54, 1.807) is 14.0 Å². The molecule has 1 amide bonds. The molecule has 0 aliphatic heterocycles. The van der Waals surface area contributed by atoms with E-state index in [-0.39, 0.29) is 11.9 Å². The predicted octanol–water partition coefficient (Wildman–Crippen LogP) is 1.79. The largest absolute Gasteiger partial charge is 0.480 e. The van der Waals surface area contributed by atoms with Crippen molar-refractivity contribution in [3.8, 4) is 5.75 Å². The number of hydrogen-bond acceptors (Lipinski definition) is 3. The number of amides is 1. The van der Waals surface area contributed by atoms with Crippen LogP contribution >= 0.6 is 0 Å². The molecule has 1 aromatic rings. The van der Waals surface area contributed by atoms with Crippen molar-refractivity contribution >= 4 is 5.91 Å². The highest BCUT2D eigenvalue weighted by atomic mass is 16.5. The molecule has 0 aliphatic carbocycles. The van der Waals surface area contributed by atoms with Crippen molar-refractivity contribution in [1.82, 2.24) is 5.32 Å². The highest BCUT2D eigenvalue weighted by Crippen LogP contribution is 2.26. The first-order valence-corrected chi connectivity index (χ1v) is 6.71. The van der Waals surface area contributed by atoms with Crippen molar-refractivity contribution in [2.45, 2.75) is 45.8 Å². The predicted molar refractivity (Wildman–Crippen MR) is 77.3 cm³/mol. The molecule has 0 aliphatic rings. The Morgan fingerprint density at radius 3 is 2.74 bits per heavy atom. The molecule has 0 fully saturated rings. The Balaban J connectivity index is 2.94. The number of hydrogen-bond donors (Lipinski definition) is 2. The van der Waals surface area contributed by atoms with Gasteiger partial charge in [-0.25, -0.2) is 0 Å². The number of nitrogens with one attached hydrogen (secondary N) is 1. The summed E-state index contributed by atoms with van der Waals surface area (Å²) in [6.45, 7) is 5.79. The molecular weight excluding hydrogens is 240 g/mol. The van der Waals surface area contributed by atoms with Gasteiger partial charge in [0, 0.05) is 13.1 Å². The molecule has 0 saturated carbocycles. The summed E-state index contributed by atoms with van der Waals surface area (Å²) in [6, 6.07) is 6.09. The molecule has 1 rings (SSSR count). The summed E-state index contributed by atoms with van der Waals surface area (Å²) in [4.78, 5) is 11.6. The van der Waals surface area contributed by atoms with E-state index in [4.69, 9.17) is 10.5 Å². The Kier molecular flexibility index (Phi) is 5.83. The molecule has 0 radical (unpaired) electrons. The maximum atomic E-state index is 11.6. The molecule has 0 spiro atoms. The van der Waals surface area contributed by atoms with Gasteiger partial charge in [-0.05, 0) is 37.8 Å². The maximum Gasteiger partial charge on any atom is 0.260 e. The second kappa shape index (κ2) is 7.14. The molecule has 0 bridgehead atoms. The lowest BCUT2D eigenvalue weighted by atomic mass is 10.0. The monoisotopic (exact) mass is 264 g/mol. The van der Waals surface area contributed by atoms with Gasteiger partial charge in [-0.2, -0.15) is 0 Å². The molecule has 0 aromatic heterocycles. The van der Waals surface area contributed by atoms with Gasteiger partial charge in [-0.3, -0.25) is 4.79 Å². The lowest BCUT2D eigenvalue weighted by Gasteiger charge is -2.19. The van der Waals surface area contributed by atoms with Crippen LogP contribution in [0.2, 0.25) is 0 Å². The summed E-state index contributed by atoms with van der Waals surface area (Å²) in [6.07, 6.45) is 1.16. The number of para-hydroxylation sites is 1. The molecule has 0 saturated heterocycles. The number of aryl methyl sites for hydroxylation is 1. The van der Waals surface area contributed by atoms with E-state index in [1.807, 2.05) is 25.1 Å². The van der Waals surface area contributed by atoms with Crippen LogP contribution in [0.25, 0.3) is 0 Å². The quantitative estimate of drug-likeness (QED) is 0.823. The lowest BCUT2D eigenvalue weighted by Crippen LogP contribution is -2.34. The smallest absolute Gasteiger partial charge is 0.260 e. The van der Waals surface area contributed by atoms with Crippen molar-refractivity contribution in [1.29, 1.82) is 0 Å². The van der Waals surface area contributed by atoms with E-state index in [9.17, 15) is 4.79 Å². The van der Waals surface area contributed by atoms with Gasteiger partial charge < -0.3 is 15.8 Å². The molecular formula is C15H24N2O2. The molecule has 106 valence electrons. The van der Waals surface area contributed by atoms with Crippen LogP contribution in [-0.4, -0.2) is 25.1 Å². The van der Waals surface area contributed by atoms with E-state index in [1.165, 1.54) is 0 Å². The molecule has 1 aromatic carbocycles. The van der Waals surface area contributed by atoms with Crippen LogP contribution in [0.3, 0.4) is 0 Å². The second-order valence-corrected chi connectivity index (χ2v) is 4.81. The van der Waals surface area contributed by atoms with Crippen LogP contribution in [0.4, 0.5) is 0 Å². The Morgan fingerprint density at radius 1 is 1.47 bits per heavy atom. The van der Waals surface area contributed by atoms with Crippen LogP contribution in [0.1, 0.15) is 31.4 Å². The molecule has 0 heterocycles. The molecule has 19 heavy (non-hydrogen) atoms. The third-order valence-corrected chi connectivity index (χ3v) is 3.21. The second-order valence-electron chi connectivity index (χ2n) is 4.81. The summed E-state index contributed by atoms with van der Waals surface area (Å²) in [5.74, 6) is 0.650. The first-order valence-electron chi connectivity index (χ1n) is 6.71. The summed E-state index contributed by atoms with van der Waals surface area (Å²) in [7, 11) is 1.61. The number of carbonyl (C=O) groups excluding carboxylic acids is 1. The first-order chi connectivity index (χ1) is 8.99. The van der Waals surface area contributed by atoms with Gasteiger partial charge in [0.2, 0.25) is 0 Å². The number of ether oxygens (including phenoxy) is 1. The zero-order valence-corrected chi connectivity index (χ0v) is 12.2. The first kappa shape index (κ1) is 15.5. The van der Waals surface area contributed by atoms with Crippen LogP contribution in [0.5, 0.6) is 5.75 Å². The van der Waals surface area contributed by atoms with Gasteiger partial charge in [0.15, 0.2) is 6.10 Å². The minimum Gasteiger partial charge on any atom is -0.480 e. The summed E-state index contributed by atoms with van der Waals surface area (Å²) >= 11 is 0. The van der Waals surface area contributed by atoms with E-state index >= 15 is 0 Å². The van der Waals surface area contributed by atoms with Crippen LogP contribution < -0.4 is 15.8 Å². The number of nitrogens with two attached hydrogens (primary N) is 1. The van der Waals surface area contributed by atoms with Gasteiger partial charge in [0.25, 0.3) is 5.91 Å². The minimum absolute atomic E-state index is 0.111. The van der Waals surface area contributed by atoms with Gasteiger partial charge >= 0.3 is 0 Å². The molecule has 4 nitrogen and oxygen atoms in total. The fraction of sp³-hybridized carbons (Fsp3) is 0.533. The topological polar surface area (TPSA) is 64.3 Å². The van der Waals surface area contributed by atoms with Crippen LogP contribution in [-0.2, 0) is 11.2 Å². The molecule has 2 atom stereocenters. The van der Waals surface area contributed by atoms with Gasteiger partial charge in [-0.15, -0.1) is 0 Å². The van der Waals surface area contributed by atoms with Crippen LogP contribution in [0.15, 0.2) is 18.2 Å². The highest BCUT2D eigenvalue weighted by molar-refractivity contribution is 5.80. The number of benzene rings is 1. The summed E-state index contributed by atoms with van der Waals surface area (Å²) in [5.41, 5.74) is 8.09. The zero-order chi connectivity index (χ0) is 14.4. The SMILES string of the molecule is CCC(N)Cc1cccc(C)c1OC(C)C(=O)NC. The zero-order valence-electron chi connectivity index (χ0n) is 12.2. The van der Waals surface area contributed by atoms with Crippen LogP contribution in [0, 0.1) is 6.92 Å². The third kappa shape index (κ3) is 4.24. The van der Waals surface area contributed by atoms with Crippen molar-refractivity contribution in [2.24, 2.45) is 5.73 Å². The Bertz CT molecular complexity index is 432. The molecule has 4 heteroatoms. The average molecular weight is 264 g/mol. The molecule has 3 N–H and O–H groups in total. The number of rotatable bonds is 6. The Morgan fingerprint density at radius 2 is 2.16 bits per heavy atom. The van der Waals surface area contributed by atoms with Crippen molar-refractivity contribution in [3.63, 3.8) is 0 Å². The van der Waals surface area contributed by atoms with Gasteiger partial charge in [0.05, 0.1) is 0 Å². The lowest BCUT2D eigenvalue weighted by molar-refractivity contribution is -0.126. The van der Waals surface area contributed by atoms with Gasteiger partial charge in [-0.1, -0.05) is 25.1 Å². The number of likely N-dealkylation sites (N-methyl/N-ethyl adjacent to an activating group) is 1. The fourth-order valence-corrected chi connectivity index (χ4v) is 1.90. The normalized spacial score (nSPS) is 13.7. The van der Waals surface area contributed by atoms with Crippen molar-refractivity contribution in [3.05, 3.63) is 29.3 Å². The van der Waals surface area contributed by atoms with Crippen molar-refractivity contribution in [2.75, 3.05) is 7.05 Å². The Hall–Kier alpha value is -1.55.